The summed E-state index contributed by atoms with van der Waals surface area (Å²) in [6, 6.07) is 2.06. The zero-order chi connectivity index (χ0) is 13.7. The van der Waals surface area contributed by atoms with Crippen LogP contribution in [0.2, 0.25) is 0 Å². The van der Waals surface area contributed by atoms with Crippen molar-refractivity contribution in [3.05, 3.63) is 23.8 Å². The Kier molecular flexibility index (Phi) is 4.50. The van der Waals surface area contributed by atoms with Crippen molar-refractivity contribution >= 4 is 11.9 Å². The maximum absolute atomic E-state index is 11.7. The van der Waals surface area contributed by atoms with Gasteiger partial charge < -0.3 is 25.7 Å². The molecule has 1 amide bonds. The van der Waals surface area contributed by atoms with Crippen LogP contribution in [-0.4, -0.2) is 45.0 Å². The molecule has 0 bridgehead atoms. The highest BCUT2D eigenvalue weighted by Crippen LogP contribution is 2.21. The molecule has 7 nitrogen and oxygen atoms in total. The van der Waals surface area contributed by atoms with E-state index in [1.165, 1.54) is 6.07 Å². The van der Waals surface area contributed by atoms with Gasteiger partial charge in [-0.3, -0.25) is 4.79 Å². The van der Waals surface area contributed by atoms with E-state index in [4.69, 9.17) is 10.2 Å². The second-order valence-corrected chi connectivity index (χ2v) is 3.58. The number of amides is 1. The van der Waals surface area contributed by atoms with E-state index < -0.39 is 24.5 Å². The lowest BCUT2D eigenvalue weighted by atomic mass is 10.1. The quantitative estimate of drug-likeness (QED) is 0.458. The maximum atomic E-state index is 11.7. The van der Waals surface area contributed by atoms with Gasteiger partial charge in [-0.25, -0.2) is 4.79 Å². The number of phenolic OH excluding ortho intramolecular Hbond substituents is 2. The Morgan fingerprint density at radius 2 is 1.94 bits per heavy atom. The SMILES string of the molecule is O=C(N[C@@H](CCO)C(=O)O)c1cc(O)ccc1O. The molecule has 0 saturated heterocycles. The number of rotatable bonds is 5. The highest BCUT2D eigenvalue weighted by molar-refractivity contribution is 5.99. The van der Waals surface area contributed by atoms with Crippen molar-refractivity contribution in [1.82, 2.24) is 5.32 Å². The molecule has 0 fully saturated rings. The van der Waals surface area contributed by atoms with Gasteiger partial charge in [0.1, 0.15) is 17.5 Å². The minimum atomic E-state index is -1.29. The van der Waals surface area contributed by atoms with Crippen LogP contribution in [0.25, 0.3) is 0 Å². The summed E-state index contributed by atoms with van der Waals surface area (Å²) in [5, 5.41) is 38.2. The van der Waals surface area contributed by atoms with Gasteiger partial charge in [-0.05, 0) is 18.2 Å². The summed E-state index contributed by atoms with van der Waals surface area (Å²) < 4.78 is 0. The molecule has 0 aromatic heterocycles. The van der Waals surface area contributed by atoms with Crippen LogP contribution in [0.1, 0.15) is 16.8 Å². The Labute approximate surface area is 102 Å². The molecule has 0 aliphatic carbocycles. The summed E-state index contributed by atoms with van der Waals surface area (Å²) in [6.45, 7) is -0.400. The number of nitrogens with one attached hydrogen (secondary N) is 1. The third kappa shape index (κ3) is 3.36. The first-order chi connectivity index (χ1) is 8.45. The van der Waals surface area contributed by atoms with Crippen molar-refractivity contribution in [1.29, 1.82) is 0 Å². The first-order valence-electron chi connectivity index (χ1n) is 5.12. The predicted octanol–water partition coefficient (Wildman–Crippen LogP) is -0.337. The second-order valence-electron chi connectivity index (χ2n) is 3.58. The van der Waals surface area contributed by atoms with Crippen LogP contribution in [0.4, 0.5) is 0 Å². The zero-order valence-corrected chi connectivity index (χ0v) is 9.33. The number of aliphatic carboxylic acids is 1. The van der Waals surface area contributed by atoms with Crippen molar-refractivity contribution < 1.29 is 30.0 Å². The van der Waals surface area contributed by atoms with Crippen LogP contribution >= 0.6 is 0 Å². The molecular weight excluding hydrogens is 242 g/mol. The Balaban J connectivity index is 2.86. The summed E-state index contributed by atoms with van der Waals surface area (Å²) in [6.07, 6.45) is -0.152. The fraction of sp³-hybridized carbons (Fsp3) is 0.273. The molecule has 1 aromatic rings. The first kappa shape index (κ1) is 13.8. The smallest absolute Gasteiger partial charge is 0.326 e. The minimum absolute atomic E-state index is 0.152. The molecule has 0 aliphatic heterocycles. The number of hydrogen-bond acceptors (Lipinski definition) is 5. The van der Waals surface area contributed by atoms with E-state index in [9.17, 15) is 19.8 Å². The van der Waals surface area contributed by atoms with Crippen LogP contribution in [0.15, 0.2) is 18.2 Å². The number of benzene rings is 1. The van der Waals surface area contributed by atoms with E-state index in [0.29, 0.717) is 0 Å². The molecule has 18 heavy (non-hydrogen) atoms. The molecule has 0 unspecified atom stereocenters. The number of carboxylic acids is 1. The molecule has 5 N–H and O–H groups in total. The standard InChI is InChI=1S/C11H13NO6/c13-4-3-8(11(17)18)12-10(16)7-5-6(14)1-2-9(7)15/h1-2,5,8,13-15H,3-4H2,(H,12,16)(H,17,18)/t8-/m0/s1. The molecule has 1 aromatic carbocycles. The van der Waals surface area contributed by atoms with Gasteiger partial charge in [-0.15, -0.1) is 0 Å². The van der Waals surface area contributed by atoms with Gasteiger partial charge in [-0.1, -0.05) is 0 Å². The molecule has 0 radical (unpaired) electrons. The number of aliphatic hydroxyl groups excluding tert-OH is 1. The third-order valence-electron chi connectivity index (χ3n) is 2.25. The number of carboxylic acid groups (broad SMARTS) is 1. The van der Waals surface area contributed by atoms with Gasteiger partial charge in [0.25, 0.3) is 5.91 Å². The van der Waals surface area contributed by atoms with Crippen molar-refractivity contribution in [2.24, 2.45) is 0 Å². The predicted molar refractivity (Wildman–Crippen MR) is 60.4 cm³/mol. The average molecular weight is 255 g/mol. The van der Waals surface area contributed by atoms with E-state index in [1.807, 2.05) is 0 Å². The average Bonchev–Trinajstić information content (AvgIpc) is 2.31. The molecule has 0 aliphatic rings. The highest BCUT2D eigenvalue weighted by Gasteiger charge is 2.21. The third-order valence-corrected chi connectivity index (χ3v) is 2.25. The van der Waals surface area contributed by atoms with Gasteiger partial charge in [-0.2, -0.15) is 0 Å². The van der Waals surface area contributed by atoms with Gasteiger partial charge in [0.05, 0.1) is 5.56 Å². The number of aromatic hydroxyl groups is 2. The van der Waals surface area contributed by atoms with Crippen LogP contribution in [-0.2, 0) is 4.79 Å². The van der Waals surface area contributed by atoms with E-state index >= 15 is 0 Å². The minimum Gasteiger partial charge on any atom is -0.508 e. The Hall–Kier alpha value is -2.28. The topological polar surface area (TPSA) is 127 Å². The van der Waals surface area contributed by atoms with Crippen LogP contribution in [0.3, 0.4) is 0 Å². The molecule has 1 atom stereocenters. The Morgan fingerprint density at radius 1 is 1.28 bits per heavy atom. The normalized spacial score (nSPS) is 11.8. The number of carbonyl (C=O) groups is 2. The lowest BCUT2D eigenvalue weighted by Crippen LogP contribution is -2.41. The Morgan fingerprint density at radius 3 is 2.50 bits per heavy atom. The van der Waals surface area contributed by atoms with Crippen molar-refractivity contribution in [3.63, 3.8) is 0 Å². The van der Waals surface area contributed by atoms with E-state index in [0.717, 1.165) is 12.1 Å². The lowest BCUT2D eigenvalue weighted by molar-refractivity contribution is -0.139. The van der Waals surface area contributed by atoms with Crippen molar-refractivity contribution in [2.75, 3.05) is 6.61 Å². The monoisotopic (exact) mass is 255 g/mol. The van der Waals surface area contributed by atoms with Crippen molar-refractivity contribution in [3.8, 4) is 11.5 Å². The van der Waals surface area contributed by atoms with Crippen LogP contribution in [0, 0.1) is 0 Å². The largest absolute Gasteiger partial charge is 0.508 e. The van der Waals surface area contributed by atoms with Gasteiger partial charge >= 0.3 is 5.97 Å². The van der Waals surface area contributed by atoms with Gasteiger partial charge in [0.15, 0.2) is 0 Å². The van der Waals surface area contributed by atoms with Crippen molar-refractivity contribution in [2.45, 2.75) is 12.5 Å². The van der Waals surface area contributed by atoms with Gasteiger partial charge in [0, 0.05) is 13.0 Å². The molecule has 98 valence electrons. The number of hydrogen-bond donors (Lipinski definition) is 5. The van der Waals surface area contributed by atoms with Crippen LogP contribution in [0.5, 0.6) is 11.5 Å². The molecule has 7 heteroatoms. The summed E-state index contributed by atoms with van der Waals surface area (Å²) in [7, 11) is 0. The molecular formula is C11H13NO6. The summed E-state index contributed by atoms with van der Waals surface area (Å²) in [4.78, 5) is 22.5. The van der Waals surface area contributed by atoms with E-state index in [1.54, 1.807) is 0 Å². The fourth-order valence-corrected chi connectivity index (χ4v) is 1.33. The van der Waals surface area contributed by atoms with E-state index in [-0.39, 0.29) is 23.5 Å². The van der Waals surface area contributed by atoms with Gasteiger partial charge in [0.2, 0.25) is 0 Å². The lowest BCUT2D eigenvalue weighted by Gasteiger charge is -2.13. The first-order valence-corrected chi connectivity index (χ1v) is 5.12. The zero-order valence-electron chi connectivity index (χ0n) is 9.33. The van der Waals surface area contributed by atoms with E-state index in [2.05, 4.69) is 5.32 Å². The Bertz CT molecular complexity index is 459. The summed E-state index contributed by atoms with van der Waals surface area (Å²) in [5.74, 6) is -2.74. The molecule has 0 saturated carbocycles. The summed E-state index contributed by atoms with van der Waals surface area (Å²) in [5.41, 5.74) is -0.237. The number of carbonyl (C=O) groups excluding carboxylic acids is 1. The number of phenols is 2. The maximum Gasteiger partial charge on any atom is 0.326 e. The number of aliphatic hydroxyl groups is 1. The second kappa shape index (κ2) is 5.87. The molecule has 0 spiro atoms. The molecule has 0 heterocycles. The highest BCUT2D eigenvalue weighted by atomic mass is 16.4. The van der Waals surface area contributed by atoms with Crippen LogP contribution < -0.4 is 5.32 Å². The summed E-state index contributed by atoms with van der Waals surface area (Å²) >= 11 is 0. The fourth-order valence-electron chi connectivity index (χ4n) is 1.33. The molecule has 1 rings (SSSR count).